The monoisotopic (exact) mass is 942 g/mol. The predicted molar refractivity (Wildman–Crippen MR) is 251 cm³/mol. The van der Waals surface area contributed by atoms with Gasteiger partial charge in [0.05, 0.1) is 33.0 Å². The number of para-hydroxylation sites is 2. The maximum Gasteiger partial charge on any atom is 0.328 e. The molecule has 2 saturated carbocycles. The lowest BCUT2D eigenvalue weighted by molar-refractivity contribution is -0.157. The number of fused-ring (bicyclic) bond motifs is 2. The van der Waals surface area contributed by atoms with Gasteiger partial charge in [-0.25, -0.2) is 29.0 Å². The van der Waals surface area contributed by atoms with Crippen molar-refractivity contribution in [3.05, 3.63) is 71.8 Å². The van der Waals surface area contributed by atoms with Gasteiger partial charge in [-0.3, -0.25) is 19.2 Å². The summed E-state index contributed by atoms with van der Waals surface area (Å²) < 4.78 is 0. The second kappa shape index (κ2) is 21.0. The van der Waals surface area contributed by atoms with Gasteiger partial charge < -0.3 is 40.9 Å². The molecule has 0 atom stereocenters. The van der Waals surface area contributed by atoms with Gasteiger partial charge in [0.25, 0.3) is 0 Å². The summed E-state index contributed by atoms with van der Waals surface area (Å²) in [6, 6.07) is 14.2. The number of carbonyl (C=O) groups excluding carboxylic acids is 4. The minimum Gasteiger partial charge on any atom is -0.481 e. The number of amides is 6. The van der Waals surface area contributed by atoms with E-state index >= 15 is 0 Å². The van der Waals surface area contributed by atoms with Crippen LogP contribution in [0.4, 0.5) is 21.0 Å². The Hall–Kier alpha value is -6.14. The third-order valence-electron chi connectivity index (χ3n) is 15.0. The zero-order valence-corrected chi connectivity index (χ0v) is 39.5. The van der Waals surface area contributed by atoms with Gasteiger partial charge in [0, 0.05) is 38.3 Å². The summed E-state index contributed by atoms with van der Waals surface area (Å²) in [5.41, 5.74) is 0.582. The Bertz CT molecular complexity index is 2130. The predicted octanol–water partition coefficient (Wildman–Crippen LogP) is 5.69. The fourth-order valence-corrected chi connectivity index (χ4v) is 10.2. The van der Waals surface area contributed by atoms with Gasteiger partial charge in [0.1, 0.15) is 0 Å². The number of anilines is 2. The van der Waals surface area contributed by atoms with Crippen molar-refractivity contribution in [3.63, 3.8) is 0 Å². The van der Waals surface area contributed by atoms with Gasteiger partial charge in [-0.05, 0) is 140 Å². The van der Waals surface area contributed by atoms with Crippen LogP contribution in [0, 0.1) is 22.7 Å². The maximum absolute atomic E-state index is 12.9. The molecule has 368 valence electrons. The first-order valence-electron chi connectivity index (χ1n) is 23.6. The van der Waals surface area contributed by atoms with Crippen molar-refractivity contribution in [1.29, 1.82) is 0 Å². The quantitative estimate of drug-likeness (QED) is 0.140. The molecule has 0 spiro atoms. The number of benzene rings is 2. The van der Waals surface area contributed by atoms with Crippen molar-refractivity contribution in [2.45, 2.75) is 103 Å². The number of carboxylic acids is 4. The number of carbonyl (C=O) groups is 8. The summed E-state index contributed by atoms with van der Waals surface area (Å²) in [4.78, 5) is 101. The van der Waals surface area contributed by atoms with Crippen LogP contribution in [0.25, 0.3) is 0 Å². The molecule has 68 heavy (non-hydrogen) atoms. The van der Waals surface area contributed by atoms with E-state index in [1.165, 1.54) is 9.80 Å². The van der Waals surface area contributed by atoms with E-state index in [1.54, 1.807) is 0 Å². The third-order valence-corrected chi connectivity index (χ3v) is 15.0. The lowest BCUT2D eigenvalue weighted by Crippen LogP contribution is -2.51. The Labute approximate surface area is 396 Å². The van der Waals surface area contributed by atoms with E-state index in [1.807, 2.05) is 76.2 Å². The Morgan fingerprint density at radius 1 is 0.559 bits per heavy atom. The molecule has 8 rings (SSSR count). The molecule has 2 saturated heterocycles. The maximum atomic E-state index is 12.9. The van der Waals surface area contributed by atoms with Crippen LogP contribution in [-0.4, -0.2) is 130 Å². The summed E-state index contributed by atoms with van der Waals surface area (Å²) in [5.74, 6) is -3.56. The molecule has 0 aromatic heterocycles. The molecule has 0 bridgehead atoms. The summed E-state index contributed by atoms with van der Waals surface area (Å²) in [5, 5.41) is 40.6. The molecular formula is C50H66N6O12. The molecule has 4 fully saturated rings. The van der Waals surface area contributed by atoms with Crippen LogP contribution in [-0.2, 0) is 39.6 Å². The van der Waals surface area contributed by atoms with Gasteiger partial charge in [0.15, 0.2) is 0 Å². The van der Waals surface area contributed by atoms with Crippen molar-refractivity contribution < 1.29 is 58.8 Å². The first-order chi connectivity index (χ1) is 32.1. The number of hydrogen-bond acceptors (Lipinski definition) is 10. The molecule has 2 aromatic carbocycles. The first kappa shape index (κ1) is 51.3. The van der Waals surface area contributed by atoms with E-state index in [2.05, 4.69) is 20.4 Å². The Morgan fingerprint density at radius 3 is 1.16 bits per heavy atom. The highest BCUT2D eigenvalue weighted by atomic mass is 16.4. The standard InChI is InChI=1S/2C23H31N3O4.C4H4O4/c2*1-22(2)17-6-3-4-7-18(17)26(19(22)27)21(30)24-14-16-8-12-25(13-9-16)15-23(20(28)29)10-5-11-23;5-3(6)1-2-4(7)8/h2*3-4,6-7,16H,5,8-15H2,1-2H3,(H,24,30)(H,28,29);1-2H,(H,5,6)(H,7,8)/b;;2-1+. The molecule has 4 heterocycles. The number of piperidine rings is 2. The Balaban J connectivity index is 0.000000193. The highest BCUT2D eigenvalue weighted by Gasteiger charge is 2.49. The lowest BCUT2D eigenvalue weighted by atomic mass is 9.68. The van der Waals surface area contributed by atoms with Gasteiger partial charge >= 0.3 is 35.9 Å². The van der Waals surface area contributed by atoms with E-state index < -0.39 is 45.5 Å². The molecule has 18 nitrogen and oxygen atoms in total. The number of nitrogens with one attached hydrogen (secondary N) is 2. The van der Waals surface area contributed by atoms with Crippen LogP contribution in [0.2, 0.25) is 0 Å². The number of rotatable bonds is 12. The molecule has 6 aliphatic rings. The number of likely N-dealkylation sites (tertiary alicyclic amines) is 2. The Kier molecular flexibility index (Phi) is 15.8. The van der Waals surface area contributed by atoms with Crippen molar-refractivity contribution in [3.8, 4) is 0 Å². The normalized spacial score (nSPS) is 21.4. The summed E-state index contributed by atoms with van der Waals surface area (Å²) in [6.07, 6.45) is 9.93. The fraction of sp³-hybridized carbons (Fsp3) is 0.560. The number of nitrogens with zero attached hydrogens (tertiary/aromatic N) is 4. The Morgan fingerprint density at radius 2 is 0.882 bits per heavy atom. The second-order valence-corrected chi connectivity index (χ2v) is 20.3. The number of carboxylic acid groups (broad SMARTS) is 4. The van der Waals surface area contributed by atoms with Crippen molar-refractivity contribution in [2.75, 3.05) is 62.2 Å². The van der Waals surface area contributed by atoms with Crippen molar-refractivity contribution in [1.82, 2.24) is 20.4 Å². The molecule has 2 aromatic rings. The summed E-state index contributed by atoms with van der Waals surface area (Å²) in [7, 11) is 0. The zero-order chi connectivity index (χ0) is 49.6. The lowest BCUT2D eigenvalue weighted by Gasteiger charge is -2.43. The zero-order valence-electron chi connectivity index (χ0n) is 39.5. The molecule has 6 amide bonds. The number of hydrogen-bond donors (Lipinski definition) is 6. The van der Waals surface area contributed by atoms with Crippen LogP contribution in [0.15, 0.2) is 60.7 Å². The minimum absolute atomic E-state index is 0.199. The highest BCUT2D eigenvalue weighted by molar-refractivity contribution is 6.23. The number of imide groups is 2. The summed E-state index contributed by atoms with van der Waals surface area (Å²) >= 11 is 0. The molecule has 18 heteroatoms. The van der Waals surface area contributed by atoms with Crippen LogP contribution in [0.1, 0.15) is 103 Å². The van der Waals surface area contributed by atoms with Crippen LogP contribution < -0.4 is 20.4 Å². The first-order valence-corrected chi connectivity index (χ1v) is 23.6. The van der Waals surface area contributed by atoms with E-state index in [4.69, 9.17) is 10.2 Å². The van der Waals surface area contributed by atoms with Gasteiger partial charge in [-0.1, -0.05) is 49.2 Å². The molecule has 6 N–H and O–H groups in total. The highest BCUT2D eigenvalue weighted by Crippen LogP contribution is 2.45. The van der Waals surface area contributed by atoms with Crippen LogP contribution in [0.3, 0.4) is 0 Å². The largest absolute Gasteiger partial charge is 0.481 e. The third kappa shape index (κ3) is 11.1. The smallest absolute Gasteiger partial charge is 0.328 e. The SMILES string of the molecule is CC1(C)C(=O)N(C(=O)NCC2CCN(CC3(C(=O)O)CCC3)CC2)c2ccccc21.CC1(C)C(=O)N(C(=O)NCC2CCN(CC3(C(=O)O)CCC3)CC2)c2ccccc21.O=C(O)/C=C/C(=O)O. The van der Waals surface area contributed by atoms with Crippen LogP contribution >= 0.6 is 0 Å². The topological polar surface area (TPSA) is 254 Å². The molecule has 0 radical (unpaired) electrons. The van der Waals surface area contributed by atoms with Gasteiger partial charge in [-0.15, -0.1) is 0 Å². The molecular weight excluding hydrogens is 877 g/mol. The van der Waals surface area contributed by atoms with Crippen LogP contribution in [0.5, 0.6) is 0 Å². The molecule has 2 aliphatic carbocycles. The number of urea groups is 2. The van der Waals surface area contributed by atoms with E-state index in [0.717, 1.165) is 102 Å². The fourth-order valence-electron chi connectivity index (χ4n) is 10.2. The second-order valence-electron chi connectivity index (χ2n) is 20.3. The van der Waals surface area contributed by atoms with E-state index in [9.17, 15) is 48.6 Å². The van der Waals surface area contributed by atoms with E-state index in [-0.39, 0.29) is 23.9 Å². The minimum atomic E-state index is -1.26. The molecule has 4 aliphatic heterocycles. The van der Waals surface area contributed by atoms with E-state index in [0.29, 0.717) is 61.5 Å². The molecule has 0 unspecified atom stereocenters. The average Bonchev–Trinajstić information content (AvgIpc) is 3.61. The van der Waals surface area contributed by atoms with Gasteiger partial charge in [0.2, 0.25) is 11.8 Å². The van der Waals surface area contributed by atoms with Gasteiger partial charge in [-0.2, -0.15) is 0 Å². The number of aliphatic carboxylic acids is 4. The van der Waals surface area contributed by atoms with Crippen molar-refractivity contribution in [2.24, 2.45) is 22.7 Å². The van der Waals surface area contributed by atoms with Crippen molar-refractivity contribution >= 4 is 59.1 Å². The average molecular weight is 943 g/mol. The summed E-state index contributed by atoms with van der Waals surface area (Å²) in [6.45, 7) is 13.2.